The molecule has 1 aromatic rings. The summed E-state index contributed by atoms with van der Waals surface area (Å²) in [5.41, 5.74) is -0.114. The second-order valence-electron chi connectivity index (χ2n) is 4.81. The van der Waals surface area contributed by atoms with Crippen molar-refractivity contribution in [1.29, 1.82) is 0 Å². The minimum Gasteiger partial charge on any atom is -0.363 e. The number of carbonyl (C=O) groups is 1. The van der Waals surface area contributed by atoms with Gasteiger partial charge in [0.25, 0.3) is 5.69 Å². The van der Waals surface area contributed by atoms with E-state index in [1.54, 1.807) is 0 Å². The molecule has 0 radical (unpaired) electrons. The van der Waals surface area contributed by atoms with Crippen LogP contribution in [0.15, 0.2) is 18.2 Å². The second kappa shape index (κ2) is 5.74. The Bertz CT molecular complexity index is 546. The van der Waals surface area contributed by atoms with Gasteiger partial charge in [-0.1, -0.05) is 11.6 Å². The number of nitrogens with one attached hydrogen (secondary N) is 2. The molecule has 1 aliphatic rings. The Morgan fingerprint density at radius 2 is 2.30 bits per heavy atom. The number of benzene rings is 1. The minimum absolute atomic E-state index is 0.0918. The lowest BCUT2D eigenvalue weighted by atomic mass is 10.0. The van der Waals surface area contributed by atoms with E-state index in [4.69, 9.17) is 16.3 Å². The average Bonchev–Trinajstić information content (AvgIpc) is 2.36. The van der Waals surface area contributed by atoms with Crippen LogP contribution in [0, 0.1) is 10.1 Å². The van der Waals surface area contributed by atoms with Crippen LogP contribution in [-0.4, -0.2) is 36.1 Å². The molecule has 0 aliphatic carbocycles. The molecule has 1 aromatic carbocycles. The summed E-state index contributed by atoms with van der Waals surface area (Å²) in [5, 5.41) is 16.3. The molecule has 0 unspecified atom stereocenters. The number of anilines is 1. The van der Waals surface area contributed by atoms with Crippen molar-refractivity contribution in [2.45, 2.75) is 12.5 Å². The first kappa shape index (κ1) is 14.7. The molecule has 1 heterocycles. The number of nitro benzene ring substituents is 1. The molecule has 20 heavy (non-hydrogen) atoms. The maximum atomic E-state index is 11.7. The lowest BCUT2D eigenvalue weighted by Gasteiger charge is -2.38. The van der Waals surface area contributed by atoms with Crippen molar-refractivity contribution in [1.82, 2.24) is 5.32 Å². The molecule has 1 amide bonds. The van der Waals surface area contributed by atoms with Crippen LogP contribution in [-0.2, 0) is 9.53 Å². The van der Waals surface area contributed by atoms with Gasteiger partial charge in [-0.15, -0.1) is 0 Å². The SMILES string of the molecule is CC1(OCC(=O)Nc2ccc([N+](=O)[O-])cc2Cl)CNC1. The summed E-state index contributed by atoms with van der Waals surface area (Å²) in [4.78, 5) is 21.7. The fourth-order valence-electron chi connectivity index (χ4n) is 1.72. The number of halogens is 1. The molecule has 0 spiro atoms. The van der Waals surface area contributed by atoms with Gasteiger partial charge in [0.2, 0.25) is 5.91 Å². The summed E-state index contributed by atoms with van der Waals surface area (Å²) in [6, 6.07) is 3.86. The highest BCUT2D eigenvalue weighted by molar-refractivity contribution is 6.33. The van der Waals surface area contributed by atoms with E-state index in [0.717, 1.165) is 0 Å². The van der Waals surface area contributed by atoms with Gasteiger partial charge in [0, 0.05) is 25.2 Å². The highest BCUT2D eigenvalue weighted by atomic mass is 35.5. The van der Waals surface area contributed by atoms with E-state index in [2.05, 4.69) is 10.6 Å². The summed E-state index contributed by atoms with van der Waals surface area (Å²) in [5.74, 6) is -0.353. The maximum Gasteiger partial charge on any atom is 0.271 e. The summed E-state index contributed by atoms with van der Waals surface area (Å²) in [6.07, 6.45) is 0. The van der Waals surface area contributed by atoms with E-state index in [-0.39, 0.29) is 28.8 Å². The molecule has 0 saturated carbocycles. The quantitative estimate of drug-likeness (QED) is 0.636. The highest BCUT2D eigenvalue weighted by Gasteiger charge is 2.33. The second-order valence-corrected chi connectivity index (χ2v) is 5.22. The number of hydrogen-bond donors (Lipinski definition) is 2. The van der Waals surface area contributed by atoms with Gasteiger partial charge < -0.3 is 15.4 Å². The third-order valence-corrected chi connectivity index (χ3v) is 3.30. The Morgan fingerprint density at radius 3 is 2.80 bits per heavy atom. The number of amides is 1. The van der Waals surface area contributed by atoms with Crippen molar-refractivity contribution in [2.75, 3.05) is 25.0 Å². The zero-order valence-electron chi connectivity index (χ0n) is 10.8. The molecule has 0 bridgehead atoms. The van der Waals surface area contributed by atoms with E-state index in [1.165, 1.54) is 18.2 Å². The van der Waals surface area contributed by atoms with Gasteiger partial charge in [0.05, 0.1) is 21.2 Å². The topological polar surface area (TPSA) is 93.5 Å². The zero-order valence-corrected chi connectivity index (χ0v) is 11.6. The highest BCUT2D eigenvalue weighted by Crippen LogP contribution is 2.26. The minimum atomic E-state index is -0.551. The Kier molecular flexibility index (Phi) is 4.22. The molecular formula is C12H14ClN3O4. The fraction of sp³-hybridized carbons (Fsp3) is 0.417. The van der Waals surface area contributed by atoms with Crippen LogP contribution in [0.3, 0.4) is 0 Å². The summed E-state index contributed by atoms with van der Waals surface area (Å²) < 4.78 is 5.48. The van der Waals surface area contributed by atoms with Gasteiger partial charge in [-0.2, -0.15) is 0 Å². The smallest absolute Gasteiger partial charge is 0.271 e. The van der Waals surface area contributed by atoms with Crippen LogP contribution in [0.1, 0.15) is 6.92 Å². The normalized spacial score (nSPS) is 16.3. The molecule has 1 aliphatic heterocycles. The molecule has 2 rings (SSSR count). The Hall–Kier alpha value is -1.70. The molecule has 0 aromatic heterocycles. The summed E-state index contributed by atoms with van der Waals surface area (Å²) in [7, 11) is 0. The number of nitrogens with zero attached hydrogens (tertiary/aromatic N) is 1. The molecule has 0 atom stereocenters. The number of carbonyl (C=O) groups excluding carboxylic acids is 1. The lowest BCUT2D eigenvalue weighted by molar-refractivity contribution is -0.384. The van der Waals surface area contributed by atoms with Crippen molar-refractivity contribution in [3.05, 3.63) is 33.3 Å². The first-order chi connectivity index (χ1) is 9.39. The summed E-state index contributed by atoms with van der Waals surface area (Å²) in [6.45, 7) is 3.23. The predicted molar refractivity (Wildman–Crippen MR) is 74.0 cm³/mol. The van der Waals surface area contributed by atoms with Crippen molar-refractivity contribution >= 4 is 28.9 Å². The monoisotopic (exact) mass is 299 g/mol. The Labute approximate surface area is 120 Å². The van der Waals surface area contributed by atoms with Crippen LogP contribution >= 0.6 is 11.6 Å². The first-order valence-electron chi connectivity index (χ1n) is 5.98. The third-order valence-electron chi connectivity index (χ3n) is 2.99. The van der Waals surface area contributed by atoms with Crippen LogP contribution in [0.2, 0.25) is 5.02 Å². The number of ether oxygens (including phenoxy) is 1. The lowest BCUT2D eigenvalue weighted by Crippen LogP contribution is -2.59. The molecule has 1 fully saturated rings. The van der Waals surface area contributed by atoms with Crippen molar-refractivity contribution in [3.8, 4) is 0 Å². The van der Waals surface area contributed by atoms with Crippen molar-refractivity contribution < 1.29 is 14.5 Å². The van der Waals surface area contributed by atoms with E-state index in [0.29, 0.717) is 18.8 Å². The van der Waals surface area contributed by atoms with E-state index < -0.39 is 4.92 Å². The van der Waals surface area contributed by atoms with Gasteiger partial charge in [0.15, 0.2) is 0 Å². The molecule has 8 heteroatoms. The van der Waals surface area contributed by atoms with E-state index in [1.807, 2.05) is 6.92 Å². The molecule has 7 nitrogen and oxygen atoms in total. The van der Waals surface area contributed by atoms with E-state index in [9.17, 15) is 14.9 Å². The molecule has 1 saturated heterocycles. The van der Waals surface area contributed by atoms with Crippen LogP contribution in [0.5, 0.6) is 0 Å². The van der Waals surface area contributed by atoms with Gasteiger partial charge in [0.1, 0.15) is 6.61 Å². The predicted octanol–water partition coefficient (Wildman–Crippen LogP) is 1.57. The average molecular weight is 300 g/mol. The van der Waals surface area contributed by atoms with Crippen molar-refractivity contribution in [3.63, 3.8) is 0 Å². The number of non-ortho nitro benzene ring substituents is 1. The van der Waals surface area contributed by atoms with Gasteiger partial charge >= 0.3 is 0 Å². The summed E-state index contributed by atoms with van der Waals surface area (Å²) >= 11 is 5.88. The number of hydrogen-bond acceptors (Lipinski definition) is 5. The standard InChI is InChI=1S/C12H14ClN3O4/c1-12(6-14-7-12)20-5-11(17)15-10-3-2-8(16(18)19)4-9(10)13/h2-4,14H,5-7H2,1H3,(H,15,17). The fourth-order valence-corrected chi connectivity index (χ4v) is 1.95. The van der Waals surface area contributed by atoms with Crippen LogP contribution in [0.4, 0.5) is 11.4 Å². The van der Waals surface area contributed by atoms with Crippen LogP contribution < -0.4 is 10.6 Å². The molecule has 2 N–H and O–H groups in total. The first-order valence-corrected chi connectivity index (χ1v) is 6.36. The Balaban J connectivity index is 1.92. The van der Waals surface area contributed by atoms with Gasteiger partial charge in [-0.3, -0.25) is 14.9 Å². The van der Waals surface area contributed by atoms with E-state index >= 15 is 0 Å². The third kappa shape index (κ3) is 3.44. The number of rotatable bonds is 5. The Morgan fingerprint density at radius 1 is 1.60 bits per heavy atom. The molecule has 108 valence electrons. The largest absolute Gasteiger partial charge is 0.363 e. The van der Waals surface area contributed by atoms with Crippen molar-refractivity contribution in [2.24, 2.45) is 0 Å². The molecular weight excluding hydrogens is 286 g/mol. The van der Waals surface area contributed by atoms with Gasteiger partial charge in [-0.05, 0) is 13.0 Å². The zero-order chi connectivity index (χ0) is 14.8. The van der Waals surface area contributed by atoms with Crippen LogP contribution in [0.25, 0.3) is 0 Å². The number of nitro groups is 1. The van der Waals surface area contributed by atoms with Gasteiger partial charge in [-0.25, -0.2) is 0 Å². The maximum absolute atomic E-state index is 11.7.